The molecule has 23 heavy (non-hydrogen) atoms. The average Bonchev–Trinajstić information content (AvgIpc) is 3.38. The van der Waals surface area contributed by atoms with Gasteiger partial charge in [0.15, 0.2) is 0 Å². The van der Waals surface area contributed by atoms with Crippen molar-refractivity contribution in [3.63, 3.8) is 0 Å². The molecule has 0 radical (unpaired) electrons. The molecule has 1 aliphatic rings. The van der Waals surface area contributed by atoms with Crippen molar-refractivity contribution >= 4 is 17.5 Å². The largest absolute Gasteiger partial charge is 0.340 e. The van der Waals surface area contributed by atoms with Gasteiger partial charge in [0.2, 0.25) is 5.95 Å². The van der Waals surface area contributed by atoms with Gasteiger partial charge in [0.1, 0.15) is 5.82 Å². The van der Waals surface area contributed by atoms with Crippen molar-refractivity contribution in [2.45, 2.75) is 33.1 Å². The SMILES string of the molecule is CCCN(CC1CC1)c1nc(C)cc(N(C)c2ccccc2)n1. The first-order valence-electron chi connectivity index (χ1n) is 8.56. The van der Waals surface area contributed by atoms with Crippen molar-refractivity contribution in [1.82, 2.24) is 9.97 Å². The fourth-order valence-electron chi connectivity index (χ4n) is 2.79. The molecule has 1 aliphatic carbocycles. The van der Waals surface area contributed by atoms with Crippen LogP contribution in [-0.2, 0) is 0 Å². The second kappa shape index (κ2) is 6.99. The Morgan fingerprint density at radius 2 is 1.87 bits per heavy atom. The van der Waals surface area contributed by atoms with Gasteiger partial charge in [-0.2, -0.15) is 4.98 Å². The maximum Gasteiger partial charge on any atom is 0.227 e. The van der Waals surface area contributed by atoms with E-state index in [0.29, 0.717) is 0 Å². The smallest absolute Gasteiger partial charge is 0.227 e. The van der Waals surface area contributed by atoms with Gasteiger partial charge in [0.05, 0.1) is 0 Å². The van der Waals surface area contributed by atoms with E-state index in [0.717, 1.165) is 48.6 Å². The molecule has 1 saturated carbocycles. The van der Waals surface area contributed by atoms with E-state index in [4.69, 9.17) is 9.97 Å². The van der Waals surface area contributed by atoms with Crippen LogP contribution in [0, 0.1) is 12.8 Å². The first kappa shape index (κ1) is 15.8. The molecule has 1 aromatic heterocycles. The average molecular weight is 310 g/mol. The molecule has 0 unspecified atom stereocenters. The first-order valence-corrected chi connectivity index (χ1v) is 8.56. The Bertz CT molecular complexity index is 637. The van der Waals surface area contributed by atoms with Crippen LogP contribution < -0.4 is 9.80 Å². The Morgan fingerprint density at radius 3 is 2.52 bits per heavy atom. The second-order valence-electron chi connectivity index (χ2n) is 6.45. The van der Waals surface area contributed by atoms with E-state index < -0.39 is 0 Å². The van der Waals surface area contributed by atoms with Gasteiger partial charge >= 0.3 is 0 Å². The summed E-state index contributed by atoms with van der Waals surface area (Å²) in [6, 6.07) is 12.4. The van der Waals surface area contributed by atoms with E-state index in [-0.39, 0.29) is 0 Å². The minimum atomic E-state index is 0.834. The third-order valence-electron chi connectivity index (χ3n) is 4.27. The van der Waals surface area contributed by atoms with E-state index in [1.807, 2.05) is 6.07 Å². The Morgan fingerprint density at radius 1 is 1.13 bits per heavy atom. The third-order valence-corrected chi connectivity index (χ3v) is 4.27. The van der Waals surface area contributed by atoms with Gasteiger partial charge in [0.25, 0.3) is 0 Å². The van der Waals surface area contributed by atoms with E-state index in [9.17, 15) is 0 Å². The third kappa shape index (κ3) is 4.01. The fourth-order valence-corrected chi connectivity index (χ4v) is 2.79. The topological polar surface area (TPSA) is 32.3 Å². The lowest BCUT2D eigenvalue weighted by Gasteiger charge is -2.25. The molecule has 0 saturated heterocycles. The van der Waals surface area contributed by atoms with Gasteiger partial charge in [-0.15, -0.1) is 0 Å². The van der Waals surface area contributed by atoms with E-state index >= 15 is 0 Å². The molecule has 0 bridgehead atoms. The number of aromatic nitrogens is 2. The number of hydrogen-bond acceptors (Lipinski definition) is 4. The second-order valence-corrected chi connectivity index (χ2v) is 6.45. The van der Waals surface area contributed by atoms with Crippen molar-refractivity contribution in [3.05, 3.63) is 42.1 Å². The van der Waals surface area contributed by atoms with Gasteiger partial charge in [-0.3, -0.25) is 0 Å². The summed E-state index contributed by atoms with van der Waals surface area (Å²) in [7, 11) is 2.06. The molecular formula is C19H26N4. The standard InChI is InChI=1S/C19H26N4/c1-4-12-23(14-16-10-11-16)19-20-15(2)13-18(21-19)22(3)17-8-6-5-7-9-17/h5-9,13,16H,4,10-12,14H2,1-3H3. The van der Waals surface area contributed by atoms with Crippen molar-refractivity contribution in [2.24, 2.45) is 5.92 Å². The quantitative estimate of drug-likeness (QED) is 0.768. The molecule has 4 nitrogen and oxygen atoms in total. The number of benzene rings is 1. The number of para-hydroxylation sites is 1. The van der Waals surface area contributed by atoms with Crippen LogP contribution in [0.25, 0.3) is 0 Å². The maximum absolute atomic E-state index is 4.85. The Labute approximate surface area is 139 Å². The molecule has 1 heterocycles. The van der Waals surface area contributed by atoms with Crippen LogP contribution in [0.15, 0.2) is 36.4 Å². The molecule has 3 rings (SSSR count). The summed E-state index contributed by atoms with van der Waals surface area (Å²) in [5.41, 5.74) is 2.16. The number of hydrogen-bond donors (Lipinski definition) is 0. The molecule has 0 atom stereocenters. The summed E-state index contributed by atoms with van der Waals surface area (Å²) >= 11 is 0. The summed E-state index contributed by atoms with van der Waals surface area (Å²) in [5.74, 6) is 2.66. The number of anilines is 3. The molecule has 122 valence electrons. The molecule has 0 aliphatic heterocycles. The van der Waals surface area contributed by atoms with E-state index in [1.165, 1.54) is 12.8 Å². The monoisotopic (exact) mass is 310 g/mol. The lowest BCUT2D eigenvalue weighted by atomic mass is 10.3. The van der Waals surface area contributed by atoms with Gasteiger partial charge in [-0.05, 0) is 44.2 Å². The summed E-state index contributed by atoms with van der Waals surface area (Å²) in [6.07, 6.45) is 3.82. The normalized spacial score (nSPS) is 13.9. The maximum atomic E-state index is 4.85. The van der Waals surface area contributed by atoms with Gasteiger partial charge < -0.3 is 9.80 Å². The van der Waals surface area contributed by atoms with Crippen LogP contribution in [0.3, 0.4) is 0 Å². The van der Waals surface area contributed by atoms with Crippen LogP contribution in [-0.4, -0.2) is 30.1 Å². The Kier molecular flexibility index (Phi) is 4.79. The highest BCUT2D eigenvalue weighted by atomic mass is 15.3. The van der Waals surface area contributed by atoms with Crippen molar-refractivity contribution < 1.29 is 0 Å². The zero-order valence-electron chi connectivity index (χ0n) is 14.4. The molecule has 0 amide bonds. The molecule has 1 aromatic carbocycles. The zero-order valence-corrected chi connectivity index (χ0v) is 14.4. The fraction of sp³-hybridized carbons (Fsp3) is 0.474. The summed E-state index contributed by atoms with van der Waals surface area (Å²) < 4.78 is 0. The van der Waals surface area contributed by atoms with Crippen LogP contribution in [0.4, 0.5) is 17.5 Å². The van der Waals surface area contributed by atoms with Crippen LogP contribution >= 0.6 is 0 Å². The predicted octanol–water partition coefficient (Wildman–Crippen LogP) is 4.18. The van der Waals surface area contributed by atoms with Crippen molar-refractivity contribution in [1.29, 1.82) is 0 Å². The summed E-state index contributed by atoms with van der Waals surface area (Å²) in [6.45, 7) is 6.38. The number of rotatable bonds is 7. The summed E-state index contributed by atoms with van der Waals surface area (Å²) in [4.78, 5) is 14.0. The molecular weight excluding hydrogens is 284 g/mol. The van der Waals surface area contributed by atoms with Crippen molar-refractivity contribution in [2.75, 3.05) is 29.9 Å². The van der Waals surface area contributed by atoms with Gasteiger partial charge in [0, 0.05) is 37.6 Å². The lowest BCUT2D eigenvalue weighted by Crippen LogP contribution is -2.29. The van der Waals surface area contributed by atoms with Crippen LogP contribution in [0.2, 0.25) is 0 Å². The highest BCUT2D eigenvalue weighted by Crippen LogP contribution is 2.31. The zero-order chi connectivity index (χ0) is 16.2. The first-order chi connectivity index (χ1) is 11.2. The highest BCUT2D eigenvalue weighted by Gasteiger charge is 2.25. The van der Waals surface area contributed by atoms with E-state index in [1.54, 1.807) is 0 Å². The lowest BCUT2D eigenvalue weighted by molar-refractivity contribution is 0.686. The molecule has 1 fully saturated rings. The minimum absolute atomic E-state index is 0.834. The highest BCUT2D eigenvalue weighted by molar-refractivity contribution is 5.60. The predicted molar refractivity (Wildman–Crippen MR) is 96.5 cm³/mol. The number of nitrogens with zero attached hydrogens (tertiary/aromatic N) is 4. The molecule has 0 N–H and O–H groups in total. The molecule has 2 aromatic rings. The Hall–Kier alpha value is -2.10. The number of aryl methyl sites for hydroxylation is 1. The Balaban J connectivity index is 1.88. The van der Waals surface area contributed by atoms with Gasteiger partial charge in [-0.1, -0.05) is 25.1 Å². The van der Waals surface area contributed by atoms with Crippen LogP contribution in [0.5, 0.6) is 0 Å². The van der Waals surface area contributed by atoms with Crippen molar-refractivity contribution in [3.8, 4) is 0 Å². The van der Waals surface area contributed by atoms with Gasteiger partial charge in [-0.25, -0.2) is 4.98 Å². The van der Waals surface area contributed by atoms with E-state index in [2.05, 4.69) is 61.0 Å². The summed E-state index contributed by atoms with van der Waals surface area (Å²) in [5, 5.41) is 0. The molecule has 0 spiro atoms. The minimum Gasteiger partial charge on any atom is -0.340 e. The molecule has 4 heteroatoms. The van der Waals surface area contributed by atoms with Crippen LogP contribution in [0.1, 0.15) is 31.9 Å².